The quantitative estimate of drug-likeness (QED) is 0.842. The average molecular weight is 339 g/mol. The summed E-state index contributed by atoms with van der Waals surface area (Å²) in [6.07, 6.45) is 2.47. The Morgan fingerprint density at radius 2 is 1.74 bits per heavy atom. The van der Waals surface area contributed by atoms with Gasteiger partial charge in [-0.25, -0.2) is 5.14 Å². The van der Waals surface area contributed by atoms with Crippen LogP contribution in [0, 0.1) is 5.92 Å². The van der Waals surface area contributed by atoms with Crippen molar-refractivity contribution in [2.24, 2.45) is 11.1 Å². The SMILES string of the molecule is NS(=O)(=O)N1CCN(C(=O)c2ccc(OCC3CC3)cc2)CC1. The third-order valence-corrected chi connectivity index (χ3v) is 5.25. The van der Waals surface area contributed by atoms with Crippen molar-refractivity contribution in [3.8, 4) is 5.75 Å². The molecule has 3 rings (SSSR count). The first-order chi connectivity index (χ1) is 10.9. The summed E-state index contributed by atoms with van der Waals surface area (Å²) in [5.41, 5.74) is 0.577. The Morgan fingerprint density at radius 3 is 2.26 bits per heavy atom. The minimum absolute atomic E-state index is 0.104. The van der Waals surface area contributed by atoms with Crippen LogP contribution in [0.5, 0.6) is 5.75 Å². The molecule has 2 N–H and O–H groups in total. The predicted molar refractivity (Wildman–Crippen MR) is 85.2 cm³/mol. The smallest absolute Gasteiger partial charge is 0.277 e. The van der Waals surface area contributed by atoms with Crippen molar-refractivity contribution in [2.75, 3.05) is 32.8 Å². The van der Waals surface area contributed by atoms with Gasteiger partial charge in [-0.05, 0) is 43.0 Å². The number of amides is 1. The van der Waals surface area contributed by atoms with Crippen LogP contribution < -0.4 is 9.88 Å². The van der Waals surface area contributed by atoms with Crippen LogP contribution in [0.3, 0.4) is 0 Å². The van der Waals surface area contributed by atoms with E-state index in [4.69, 9.17) is 9.88 Å². The third kappa shape index (κ3) is 4.21. The molecule has 1 aromatic rings. The van der Waals surface area contributed by atoms with Crippen molar-refractivity contribution >= 4 is 16.1 Å². The van der Waals surface area contributed by atoms with Crippen molar-refractivity contribution in [1.29, 1.82) is 0 Å². The van der Waals surface area contributed by atoms with E-state index in [1.54, 1.807) is 29.2 Å². The maximum absolute atomic E-state index is 12.4. The summed E-state index contributed by atoms with van der Waals surface area (Å²) < 4.78 is 29.4. The minimum Gasteiger partial charge on any atom is -0.493 e. The zero-order chi connectivity index (χ0) is 16.4. The third-order valence-electron chi connectivity index (χ3n) is 4.17. The largest absolute Gasteiger partial charge is 0.493 e. The van der Waals surface area contributed by atoms with Crippen molar-refractivity contribution in [3.63, 3.8) is 0 Å². The van der Waals surface area contributed by atoms with Gasteiger partial charge in [-0.15, -0.1) is 0 Å². The summed E-state index contributed by atoms with van der Waals surface area (Å²) in [7, 11) is -3.67. The van der Waals surface area contributed by atoms with Gasteiger partial charge < -0.3 is 9.64 Å². The first kappa shape index (κ1) is 16.2. The fraction of sp³-hybridized carbons (Fsp3) is 0.533. The van der Waals surface area contributed by atoms with Gasteiger partial charge in [0.2, 0.25) is 0 Å². The number of piperazine rings is 1. The molecule has 1 aliphatic carbocycles. The van der Waals surface area contributed by atoms with Crippen LogP contribution in [-0.2, 0) is 10.2 Å². The molecule has 23 heavy (non-hydrogen) atoms. The monoisotopic (exact) mass is 339 g/mol. The highest BCUT2D eigenvalue weighted by Crippen LogP contribution is 2.29. The van der Waals surface area contributed by atoms with E-state index in [1.807, 2.05) is 0 Å². The Labute approximate surface area is 136 Å². The van der Waals surface area contributed by atoms with E-state index < -0.39 is 10.2 Å². The van der Waals surface area contributed by atoms with Gasteiger partial charge in [0.05, 0.1) is 6.61 Å². The lowest BCUT2D eigenvalue weighted by Crippen LogP contribution is -2.52. The van der Waals surface area contributed by atoms with Crippen LogP contribution >= 0.6 is 0 Å². The molecule has 2 fully saturated rings. The number of benzene rings is 1. The number of ether oxygens (including phenoxy) is 1. The van der Waals surface area contributed by atoms with E-state index in [1.165, 1.54) is 17.1 Å². The maximum Gasteiger partial charge on any atom is 0.277 e. The molecule has 0 spiro atoms. The molecule has 8 heteroatoms. The Morgan fingerprint density at radius 1 is 1.13 bits per heavy atom. The minimum atomic E-state index is -3.67. The lowest BCUT2D eigenvalue weighted by Gasteiger charge is -2.33. The van der Waals surface area contributed by atoms with E-state index >= 15 is 0 Å². The summed E-state index contributed by atoms with van der Waals surface area (Å²) in [6.45, 7) is 1.88. The first-order valence-corrected chi connectivity index (χ1v) is 9.24. The number of carbonyl (C=O) groups is 1. The van der Waals surface area contributed by atoms with E-state index in [-0.39, 0.29) is 19.0 Å². The number of nitrogens with zero attached hydrogens (tertiary/aromatic N) is 2. The van der Waals surface area contributed by atoms with Crippen molar-refractivity contribution in [3.05, 3.63) is 29.8 Å². The Bertz CT molecular complexity index is 662. The highest BCUT2D eigenvalue weighted by atomic mass is 32.2. The molecule has 1 aliphatic heterocycles. The van der Waals surface area contributed by atoms with E-state index in [2.05, 4.69) is 0 Å². The van der Waals surface area contributed by atoms with Gasteiger partial charge in [0, 0.05) is 31.7 Å². The molecule has 0 aromatic heterocycles. The fourth-order valence-corrected chi connectivity index (χ4v) is 3.19. The number of rotatable bonds is 5. The molecule has 126 valence electrons. The molecular formula is C15H21N3O4S. The zero-order valence-electron chi connectivity index (χ0n) is 12.8. The molecule has 0 unspecified atom stereocenters. The maximum atomic E-state index is 12.4. The molecular weight excluding hydrogens is 318 g/mol. The second-order valence-corrected chi connectivity index (χ2v) is 7.56. The van der Waals surface area contributed by atoms with Crippen molar-refractivity contribution in [1.82, 2.24) is 9.21 Å². The van der Waals surface area contributed by atoms with Gasteiger partial charge in [-0.2, -0.15) is 12.7 Å². The highest BCUT2D eigenvalue weighted by Gasteiger charge is 2.27. The molecule has 1 aromatic carbocycles. The average Bonchev–Trinajstić information content (AvgIpc) is 3.36. The van der Waals surface area contributed by atoms with Gasteiger partial charge in [0.1, 0.15) is 5.75 Å². The molecule has 1 amide bonds. The normalized spacial score (nSPS) is 19.6. The predicted octanol–water partition coefficient (Wildman–Crippen LogP) is 0.437. The Balaban J connectivity index is 1.55. The second-order valence-electron chi connectivity index (χ2n) is 6.01. The second kappa shape index (κ2) is 6.46. The van der Waals surface area contributed by atoms with E-state index in [9.17, 15) is 13.2 Å². The van der Waals surface area contributed by atoms with Crippen molar-refractivity contribution in [2.45, 2.75) is 12.8 Å². The number of carbonyl (C=O) groups excluding carboxylic acids is 1. The molecule has 1 saturated carbocycles. The number of hydrogen-bond donors (Lipinski definition) is 1. The molecule has 0 bridgehead atoms. The van der Waals surface area contributed by atoms with Crippen LogP contribution in [0.4, 0.5) is 0 Å². The summed E-state index contributed by atoms with van der Waals surface area (Å²) in [4.78, 5) is 14.1. The summed E-state index contributed by atoms with van der Waals surface area (Å²) in [6, 6.07) is 7.10. The van der Waals surface area contributed by atoms with Crippen LogP contribution in [-0.4, -0.2) is 56.3 Å². The van der Waals surface area contributed by atoms with E-state index in [0.717, 1.165) is 12.4 Å². The lowest BCUT2D eigenvalue weighted by atomic mass is 10.2. The van der Waals surface area contributed by atoms with Crippen LogP contribution in [0.1, 0.15) is 23.2 Å². The van der Waals surface area contributed by atoms with Gasteiger partial charge in [-0.3, -0.25) is 4.79 Å². The first-order valence-electron chi connectivity index (χ1n) is 7.73. The Hall–Kier alpha value is -1.64. The van der Waals surface area contributed by atoms with Gasteiger partial charge >= 0.3 is 0 Å². The standard InChI is InChI=1S/C15H21N3O4S/c16-23(20,21)18-9-7-17(8-10-18)15(19)13-3-5-14(6-4-13)22-11-12-1-2-12/h3-6,12H,1-2,7-11H2,(H2,16,20,21). The van der Waals surface area contributed by atoms with Gasteiger partial charge in [0.25, 0.3) is 16.1 Å². The fourth-order valence-electron chi connectivity index (χ4n) is 2.52. The summed E-state index contributed by atoms with van der Waals surface area (Å²) in [5, 5.41) is 5.09. The van der Waals surface area contributed by atoms with Crippen LogP contribution in [0.25, 0.3) is 0 Å². The lowest BCUT2D eigenvalue weighted by molar-refractivity contribution is 0.0698. The molecule has 1 heterocycles. The van der Waals surface area contributed by atoms with Crippen LogP contribution in [0.15, 0.2) is 24.3 Å². The molecule has 0 radical (unpaired) electrons. The van der Waals surface area contributed by atoms with Gasteiger partial charge in [-0.1, -0.05) is 0 Å². The Kier molecular flexibility index (Phi) is 4.56. The number of nitrogens with two attached hydrogens (primary N) is 1. The summed E-state index contributed by atoms with van der Waals surface area (Å²) >= 11 is 0. The topological polar surface area (TPSA) is 92.9 Å². The molecule has 1 saturated heterocycles. The summed E-state index contributed by atoms with van der Waals surface area (Å²) in [5.74, 6) is 1.35. The molecule has 0 atom stereocenters. The zero-order valence-corrected chi connectivity index (χ0v) is 13.7. The van der Waals surface area contributed by atoms with Gasteiger partial charge in [0.15, 0.2) is 0 Å². The molecule has 7 nitrogen and oxygen atoms in total. The van der Waals surface area contributed by atoms with Crippen LogP contribution in [0.2, 0.25) is 0 Å². The number of hydrogen-bond acceptors (Lipinski definition) is 4. The van der Waals surface area contributed by atoms with E-state index in [0.29, 0.717) is 24.6 Å². The van der Waals surface area contributed by atoms with Crippen molar-refractivity contribution < 1.29 is 17.9 Å². The molecule has 2 aliphatic rings. The highest BCUT2D eigenvalue weighted by molar-refractivity contribution is 7.86.